The van der Waals surface area contributed by atoms with Gasteiger partial charge in [-0.2, -0.15) is 0 Å². The molecule has 0 saturated carbocycles. The smallest absolute Gasteiger partial charge is 0.156 e. The van der Waals surface area contributed by atoms with Gasteiger partial charge in [-0.05, 0) is 59.7 Å². The Morgan fingerprint density at radius 3 is 2.04 bits per heavy atom. The summed E-state index contributed by atoms with van der Waals surface area (Å²) in [6.07, 6.45) is 0. The van der Waals surface area contributed by atoms with Crippen LogP contribution < -0.4 is 10.1 Å². The molecule has 1 N–H and O–H groups in total. The van der Waals surface area contributed by atoms with E-state index in [4.69, 9.17) is 39.5 Å². The van der Waals surface area contributed by atoms with Crippen LogP contribution in [0, 0.1) is 5.82 Å². The summed E-state index contributed by atoms with van der Waals surface area (Å²) in [5, 5.41) is 4.72. The number of nitrogens with one attached hydrogen (secondary N) is 1. The van der Waals surface area contributed by atoms with Gasteiger partial charge in [-0.15, -0.1) is 0 Å². The zero-order valence-electron chi connectivity index (χ0n) is 13.6. The van der Waals surface area contributed by atoms with Crippen LogP contribution in [0.1, 0.15) is 11.1 Å². The van der Waals surface area contributed by atoms with Crippen molar-refractivity contribution < 1.29 is 9.13 Å². The molecule has 3 aromatic carbocycles. The zero-order chi connectivity index (χ0) is 18.5. The maximum atomic E-state index is 12.9. The lowest BCUT2D eigenvalue weighted by Gasteiger charge is -2.13. The van der Waals surface area contributed by atoms with Gasteiger partial charge in [-0.25, -0.2) is 4.39 Å². The van der Waals surface area contributed by atoms with Gasteiger partial charge in [-0.1, -0.05) is 46.9 Å². The number of benzene rings is 3. The third-order valence-electron chi connectivity index (χ3n) is 3.70. The Hall–Kier alpha value is -1.94. The Kier molecular flexibility index (Phi) is 6.25. The van der Waals surface area contributed by atoms with Gasteiger partial charge in [0.1, 0.15) is 12.4 Å². The fraction of sp³-hybridized carbons (Fsp3) is 0.100. The van der Waals surface area contributed by atoms with E-state index >= 15 is 0 Å². The highest BCUT2D eigenvalue weighted by molar-refractivity contribution is 6.37. The summed E-state index contributed by atoms with van der Waals surface area (Å²) in [5.41, 5.74) is 2.66. The van der Waals surface area contributed by atoms with E-state index in [1.165, 1.54) is 12.1 Å². The molecule has 0 fully saturated rings. The lowest BCUT2D eigenvalue weighted by atomic mass is 10.2. The summed E-state index contributed by atoms with van der Waals surface area (Å²) >= 11 is 18.5. The monoisotopic (exact) mass is 409 g/mol. The van der Waals surface area contributed by atoms with Crippen molar-refractivity contribution in [2.75, 3.05) is 5.32 Å². The molecule has 0 aromatic heterocycles. The van der Waals surface area contributed by atoms with Crippen LogP contribution in [-0.2, 0) is 13.2 Å². The molecule has 0 radical (unpaired) electrons. The third kappa shape index (κ3) is 5.04. The van der Waals surface area contributed by atoms with E-state index in [1.54, 1.807) is 36.4 Å². The fourth-order valence-corrected chi connectivity index (χ4v) is 3.13. The van der Waals surface area contributed by atoms with Gasteiger partial charge in [0, 0.05) is 17.3 Å². The second-order valence-corrected chi connectivity index (χ2v) is 6.92. The molecule has 0 aliphatic heterocycles. The number of halogens is 4. The predicted molar refractivity (Wildman–Crippen MR) is 106 cm³/mol. The van der Waals surface area contributed by atoms with Crippen LogP contribution in [0.3, 0.4) is 0 Å². The van der Waals surface area contributed by atoms with Crippen LogP contribution >= 0.6 is 34.8 Å². The summed E-state index contributed by atoms with van der Waals surface area (Å²) in [7, 11) is 0. The molecular formula is C20H15Cl3FNO. The minimum atomic E-state index is -0.274. The molecule has 2 nitrogen and oxygen atoms in total. The molecular weight excluding hydrogens is 396 g/mol. The van der Waals surface area contributed by atoms with Gasteiger partial charge in [0.05, 0.1) is 10.0 Å². The molecule has 134 valence electrons. The fourth-order valence-electron chi connectivity index (χ4n) is 2.36. The standard InChI is InChI=1S/C20H15Cl3FNO/c21-15-3-1-13(2-4-15)12-26-20-18(22)9-14(10-19(20)23)11-25-17-7-5-16(24)6-8-17/h1-10,25H,11-12H2. The van der Waals surface area contributed by atoms with Crippen molar-refractivity contribution in [3.8, 4) is 5.75 Å². The van der Waals surface area contributed by atoms with E-state index in [1.807, 2.05) is 12.1 Å². The lowest BCUT2D eigenvalue weighted by Crippen LogP contribution is -2.01. The van der Waals surface area contributed by atoms with Crippen molar-refractivity contribution >= 4 is 40.5 Å². The summed E-state index contributed by atoms with van der Waals surface area (Å²) in [5.74, 6) is 0.164. The topological polar surface area (TPSA) is 21.3 Å². The molecule has 0 unspecified atom stereocenters. The largest absolute Gasteiger partial charge is 0.486 e. The Bertz CT molecular complexity index is 860. The second kappa shape index (κ2) is 8.63. The first-order valence-corrected chi connectivity index (χ1v) is 8.99. The van der Waals surface area contributed by atoms with Gasteiger partial charge in [0.2, 0.25) is 0 Å². The van der Waals surface area contributed by atoms with Crippen LogP contribution in [0.4, 0.5) is 10.1 Å². The van der Waals surface area contributed by atoms with Gasteiger partial charge in [0.25, 0.3) is 0 Å². The zero-order valence-corrected chi connectivity index (χ0v) is 15.9. The van der Waals surface area contributed by atoms with E-state index in [0.717, 1.165) is 16.8 Å². The van der Waals surface area contributed by atoms with E-state index in [9.17, 15) is 4.39 Å². The number of hydrogen-bond donors (Lipinski definition) is 1. The summed E-state index contributed by atoms with van der Waals surface area (Å²) in [4.78, 5) is 0. The van der Waals surface area contributed by atoms with Crippen LogP contribution in [0.2, 0.25) is 15.1 Å². The molecule has 3 aromatic rings. The Morgan fingerprint density at radius 2 is 1.42 bits per heavy atom. The van der Waals surface area contributed by atoms with Crippen molar-refractivity contribution in [2.45, 2.75) is 13.2 Å². The van der Waals surface area contributed by atoms with Gasteiger partial charge in [0.15, 0.2) is 5.75 Å². The number of ether oxygens (including phenoxy) is 1. The van der Waals surface area contributed by atoms with Crippen LogP contribution in [0.5, 0.6) is 5.75 Å². The number of hydrogen-bond acceptors (Lipinski definition) is 2. The highest BCUT2D eigenvalue weighted by Crippen LogP contribution is 2.35. The quantitative estimate of drug-likeness (QED) is 0.473. The Morgan fingerprint density at radius 1 is 0.808 bits per heavy atom. The molecule has 0 saturated heterocycles. The van der Waals surface area contributed by atoms with E-state index in [-0.39, 0.29) is 5.82 Å². The molecule has 26 heavy (non-hydrogen) atoms. The minimum absolute atomic E-state index is 0.274. The first-order chi connectivity index (χ1) is 12.5. The molecule has 0 heterocycles. The van der Waals surface area contributed by atoms with E-state index in [2.05, 4.69) is 5.32 Å². The Balaban J connectivity index is 1.65. The number of rotatable bonds is 6. The average molecular weight is 411 g/mol. The predicted octanol–water partition coefficient (Wildman–Crippen LogP) is 6.98. The first-order valence-electron chi connectivity index (χ1n) is 7.86. The van der Waals surface area contributed by atoms with Crippen molar-refractivity contribution in [1.29, 1.82) is 0 Å². The molecule has 0 amide bonds. The summed E-state index contributed by atoms with van der Waals surface area (Å²) in [6, 6.07) is 17.1. The van der Waals surface area contributed by atoms with Crippen molar-refractivity contribution in [2.24, 2.45) is 0 Å². The van der Waals surface area contributed by atoms with Crippen molar-refractivity contribution in [3.05, 3.63) is 92.7 Å². The summed E-state index contributed by atoms with van der Waals surface area (Å²) in [6.45, 7) is 0.840. The van der Waals surface area contributed by atoms with Gasteiger partial charge < -0.3 is 10.1 Å². The lowest BCUT2D eigenvalue weighted by molar-refractivity contribution is 0.306. The third-order valence-corrected chi connectivity index (χ3v) is 4.51. The molecule has 6 heteroatoms. The normalized spacial score (nSPS) is 10.6. The van der Waals surface area contributed by atoms with Gasteiger partial charge >= 0.3 is 0 Å². The highest BCUT2D eigenvalue weighted by Gasteiger charge is 2.10. The molecule has 0 spiro atoms. The molecule has 0 aliphatic carbocycles. The first kappa shape index (κ1) is 18.8. The van der Waals surface area contributed by atoms with E-state index < -0.39 is 0 Å². The number of anilines is 1. The van der Waals surface area contributed by atoms with Gasteiger partial charge in [-0.3, -0.25) is 0 Å². The van der Waals surface area contributed by atoms with Crippen LogP contribution in [0.25, 0.3) is 0 Å². The SMILES string of the molecule is Fc1ccc(NCc2cc(Cl)c(OCc3ccc(Cl)cc3)c(Cl)c2)cc1. The van der Waals surface area contributed by atoms with E-state index in [0.29, 0.717) is 34.0 Å². The molecule has 3 rings (SSSR count). The molecule has 0 bridgehead atoms. The Labute approximate surface area is 166 Å². The summed E-state index contributed by atoms with van der Waals surface area (Å²) < 4.78 is 18.7. The van der Waals surface area contributed by atoms with Crippen LogP contribution in [0.15, 0.2) is 60.7 Å². The molecule has 0 atom stereocenters. The average Bonchev–Trinajstić information content (AvgIpc) is 2.62. The molecule has 0 aliphatic rings. The van der Waals surface area contributed by atoms with Crippen molar-refractivity contribution in [3.63, 3.8) is 0 Å². The highest BCUT2D eigenvalue weighted by atomic mass is 35.5. The maximum absolute atomic E-state index is 12.9. The van der Waals surface area contributed by atoms with Crippen LogP contribution in [-0.4, -0.2) is 0 Å². The van der Waals surface area contributed by atoms with Crippen molar-refractivity contribution in [1.82, 2.24) is 0 Å². The minimum Gasteiger partial charge on any atom is -0.486 e. The second-order valence-electron chi connectivity index (χ2n) is 5.66. The maximum Gasteiger partial charge on any atom is 0.156 e.